The summed E-state index contributed by atoms with van der Waals surface area (Å²) >= 11 is 0. The predicted molar refractivity (Wildman–Crippen MR) is 108 cm³/mol. The van der Waals surface area contributed by atoms with Gasteiger partial charge in [0.2, 0.25) is 10.0 Å². The van der Waals surface area contributed by atoms with E-state index in [4.69, 9.17) is 0 Å². The number of aromatic carboxylic acids is 1. The highest BCUT2D eigenvalue weighted by Crippen LogP contribution is 2.27. The molecular weight excluding hydrogens is 416 g/mol. The summed E-state index contributed by atoms with van der Waals surface area (Å²) in [6, 6.07) is 7.98. The van der Waals surface area contributed by atoms with Gasteiger partial charge in [-0.15, -0.1) is 0 Å². The minimum Gasteiger partial charge on any atom is -0.478 e. The fourth-order valence-corrected chi connectivity index (χ4v) is 6.00. The van der Waals surface area contributed by atoms with E-state index in [1.807, 2.05) is 0 Å². The number of carboxylic acid groups (broad SMARTS) is 1. The van der Waals surface area contributed by atoms with Crippen LogP contribution in [0.2, 0.25) is 0 Å². The van der Waals surface area contributed by atoms with Gasteiger partial charge in [0, 0.05) is 13.1 Å². The van der Waals surface area contributed by atoms with E-state index in [-0.39, 0.29) is 21.0 Å². The van der Waals surface area contributed by atoms with Crippen molar-refractivity contribution < 1.29 is 26.7 Å². The average molecular weight is 439 g/mol. The van der Waals surface area contributed by atoms with Gasteiger partial charge in [-0.3, -0.25) is 4.72 Å². The number of carbonyl (C=O) groups is 1. The molecule has 10 heteroatoms. The Bertz CT molecular complexity index is 1150. The smallest absolute Gasteiger partial charge is 0.337 e. The van der Waals surface area contributed by atoms with Crippen molar-refractivity contribution in [2.75, 3.05) is 17.8 Å². The highest BCUT2D eigenvalue weighted by Gasteiger charge is 2.28. The number of aryl methyl sites for hydroxylation is 2. The van der Waals surface area contributed by atoms with Crippen molar-refractivity contribution in [3.05, 3.63) is 53.1 Å². The van der Waals surface area contributed by atoms with Crippen LogP contribution in [0.15, 0.2) is 46.2 Å². The lowest BCUT2D eigenvalue weighted by molar-refractivity contribution is 0.0698. The summed E-state index contributed by atoms with van der Waals surface area (Å²) in [5.41, 5.74) is 0.995. The Balaban J connectivity index is 1.93. The summed E-state index contributed by atoms with van der Waals surface area (Å²) in [7, 11) is -7.76. The zero-order chi connectivity index (χ0) is 21.4. The second-order valence-electron chi connectivity index (χ2n) is 7.00. The number of carboxylic acids is 1. The summed E-state index contributed by atoms with van der Waals surface area (Å²) in [6.45, 7) is 4.24. The summed E-state index contributed by atoms with van der Waals surface area (Å²) < 4.78 is 54.4. The van der Waals surface area contributed by atoms with Gasteiger partial charge in [0.25, 0.3) is 10.0 Å². The Morgan fingerprint density at radius 2 is 1.52 bits per heavy atom. The van der Waals surface area contributed by atoms with Gasteiger partial charge in [-0.1, -0.05) is 6.07 Å². The van der Waals surface area contributed by atoms with E-state index in [0.717, 1.165) is 12.8 Å². The van der Waals surface area contributed by atoms with Gasteiger partial charge in [-0.05, 0) is 68.1 Å². The van der Waals surface area contributed by atoms with Crippen LogP contribution in [0, 0.1) is 13.8 Å². The maximum Gasteiger partial charge on any atom is 0.337 e. The average Bonchev–Trinajstić information content (AvgIpc) is 3.19. The number of anilines is 1. The number of nitrogens with one attached hydrogen (secondary N) is 1. The monoisotopic (exact) mass is 438 g/mol. The second-order valence-corrected chi connectivity index (χ2v) is 10.6. The SMILES string of the molecule is Cc1cc(C)c(NS(=O)(=O)c2ccc(S(=O)(=O)N3CCCC3)cc2)c(C(=O)O)c1. The molecular formula is C19H22N2O6S2. The van der Waals surface area contributed by atoms with Crippen LogP contribution in [0.4, 0.5) is 5.69 Å². The van der Waals surface area contributed by atoms with Crippen molar-refractivity contribution in [1.82, 2.24) is 4.31 Å². The molecule has 0 unspecified atom stereocenters. The molecule has 2 aromatic carbocycles. The third kappa shape index (κ3) is 4.29. The van der Waals surface area contributed by atoms with E-state index in [2.05, 4.69) is 4.72 Å². The van der Waals surface area contributed by atoms with E-state index in [1.165, 1.54) is 34.6 Å². The molecule has 0 bridgehead atoms. The molecule has 1 heterocycles. The van der Waals surface area contributed by atoms with E-state index in [0.29, 0.717) is 24.2 Å². The van der Waals surface area contributed by atoms with Crippen molar-refractivity contribution in [1.29, 1.82) is 0 Å². The third-order valence-electron chi connectivity index (χ3n) is 4.78. The molecule has 2 aromatic rings. The molecule has 0 atom stereocenters. The van der Waals surface area contributed by atoms with Crippen molar-refractivity contribution in [3.8, 4) is 0 Å². The molecule has 8 nitrogen and oxygen atoms in total. The van der Waals surface area contributed by atoms with Gasteiger partial charge in [0.1, 0.15) is 0 Å². The molecule has 1 aliphatic rings. The largest absolute Gasteiger partial charge is 0.478 e. The molecule has 1 saturated heterocycles. The molecule has 1 aliphatic heterocycles. The molecule has 0 radical (unpaired) electrons. The number of nitrogens with zero attached hydrogens (tertiary/aromatic N) is 1. The highest BCUT2D eigenvalue weighted by molar-refractivity contribution is 7.92. The second kappa shape index (κ2) is 7.77. The van der Waals surface area contributed by atoms with Crippen LogP contribution in [-0.2, 0) is 20.0 Å². The quantitative estimate of drug-likeness (QED) is 0.715. The lowest BCUT2D eigenvalue weighted by atomic mass is 10.0. The summed E-state index contributed by atoms with van der Waals surface area (Å²) in [4.78, 5) is 11.4. The van der Waals surface area contributed by atoms with Crippen LogP contribution in [0.1, 0.15) is 34.3 Å². The van der Waals surface area contributed by atoms with Gasteiger partial charge in [0.05, 0.1) is 21.0 Å². The van der Waals surface area contributed by atoms with Crippen LogP contribution in [-0.4, -0.2) is 45.3 Å². The van der Waals surface area contributed by atoms with Crippen molar-refractivity contribution >= 4 is 31.7 Å². The third-order valence-corrected chi connectivity index (χ3v) is 8.06. The number of hydrogen-bond donors (Lipinski definition) is 2. The normalized spacial score (nSPS) is 15.4. The van der Waals surface area contributed by atoms with Crippen LogP contribution in [0.5, 0.6) is 0 Å². The fourth-order valence-electron chi connectivity index (χ4n) is 3.33. The van der Waals surface area contributed by atoms with Gasteiger partial charge >= 0.3 is 5.97 Å². The number of benzene rings is 2. The Hall–Kier alpha value is -2.43. The van der Waals surface area contributed by atoms with E-state index in [1.54, 1.807) is 19.9 Å². The molecule has 2 N–H and O–H groups in total. The molecule has 0 aromatic heterocycles. The van der Waals surface area contributed by atoms with Crippen molar-refractivity contribution in [3.63, 3.8) is 0 Å². The molecule has 29 heavy (non-hydrogen) atoms. The van der Waals surface area contributed by atoms with E-state index in [9.17, 15) is 26.7 Å². The Morgan fingerprint density at radius 1 is 0.966 bits per heavy atom. The number of hydrogen-bond acceptors (Lipinski definition) is 5. The molecule has 3 rings (SSSR count). The maximum absolute atomic E-state index is 12.8. The first kappa shape index (κ1) is 21.3. The van der Waals surface area contributed by atoms with Gasteiger partial charge in [0.15, 0.2) is 0 Å². The fraction of sp³-hybridized carbons (Fsp3) is 0.316. The van der Waals surface area contributed by atoms with E-state index >= 15 is 0 Å². The maximum atomic E-state index is 12.8. The minimum atomic E-state index is -4.11. The summed E-state index contributed by atoms with van der Waals surface area (Å²) in [6.07, 6.45) is 1.61. The van der Waals surface area contributed by atoms with E-state index < -0.39 is 26.0 Å². The first-order valence-corrected chi connectivity index (χ1v) is 11.9. The van der Waals surface area contributed by atoms with Gasteiger partial charge < -0.3 is 5.11 Å². The lowest BCUT2D eigenvalue weighted by Crippen LogP contribution is -2.27. The molecule has 156 valence electrons. The molecule has 1 fully saturated rings. The van der Waals surface area contributed by atoms with Crippen LogP contribution in [0.25, 0.3) is 0 Å². The molecule has 0 aliphatic carbocycles. The van der Waals surface area contributed by atoms with Crippen molar-refractivity contribution in [2.45, 2.75) is 36.5 Å². The first-order chi connectivity index (χ1) is 13.5. The topological polar surface area (TPSA) is 121 Å². The van der Waals surface area contributed by atoms with Gasteiger partial charge in [-0.25, -0.2) is 21.6 Å². The predicted octanol–water partition coefficient (Wildman–Crippen LogP) is 2.59. The Labute approximate surface area is 170 Å². The van der Waals surface area contributed by atoms with Crippen LogP contribution >= 0.6 is 0 Å². The first-order valence-electron chi connectivity index (χ1n) is 9.00. The zero-order valence-corrected chi connectivity index (χ0v) is 17.7. The van der Waals surface area contributed by atoms with Crippen LogP contribution in [0.3, 0.4) is 0 Å². The molecule has 0 spiro atoms. The Kier molecular flexibility index (Phi) is 5.70. The minimum absolute atomic E-state index is 0.0168. The summed E-state index contributed by atoms with van der Waals surface area (Å²) in [5, 5.41) is 9.41. The lowest BCUT2D eigenvalue weighted by Gasteiger charge is -2.16. The number of rotatable bonds is 6. The van der Waals surface area contributed by atoms with Crippen LogP contribution < -0.4 is 4.72 Å². The number of sulfonamides is 2. The molecule has 0 saturated carbocycles. The summed E-state index contributed by atoms with van der Waals surface area (Å²) in [5.74, 6) is -1.25. The van der Waals surface area contributed by atoms with Crippen molar-refractivity contribution in [2.24, 2.45) is 0 Å². The zero-order valence-electron chi connectivity index (χ0n) is 16.0. The Morgan fingerprint density at radius 3 is 2.07 bits per heavy atom. The standard InChI is InChI=1S/C19H22N2O6S2/c1-13-11-14(2)18(17(12-13)19(22)23)20-28(24,25)15-5-7-16(8-6-15)29(26,27)21-9-3-4-10-21/h5-8,11-12,20H,3-4,9-10H2,1-2H3,(H,22,23). The highest BCUT2D eigenvalue weighted by atomic mass is 32.2. The molecule has 0 amide bonds. The van der Waals surface area contributed by atoms with Gasteiger partial charge in [-0.2, -0.15) is 4.31 Å².